The van der Waals surface area contributed by atoms with E-state index < -0.39 is 10.0 Å². The highest BCUT2D eigenvalue weighted by molar-refractivity contribution is 7.89. The summed E-state index contributed by atoms with van der Waals surface area (Å²) in [4.78, 5) is 14.2. The molecule has 1 fully saturated rings. The molecule has 3 aromatic carbocycles. The van der Waals surface area contributed by atoms with Crippen LogP contribution in [0.3, 0.4) is 0 Å². The fraction of sp³-hybridized carbons (Fsp3) is 0.333. The summed E-state index contributed by atoms with van der Waals surface area (Å²) in [7, 11) is -0.787. The first-order valence-electron chi connectivity index (χ1n) is 14.4. The van der Waals surface area contributed by atoms with Crippen LogP contribution < -0.4 is 0 Å². The van der Waals surface area contributed by atoms with Crippen LogP contribution >= 0.6 is 23.2 Å². The zero-order valence-electron chi connectivity index (χ0n) is 24.7. The number of benzene rings is 3. The number of carbonyl (C=O) groups is 1. The summed E-state index contributed by atoms with van der Waals surface area (Å²) in [5.74, 6) is -0.306. The van der Waals surface area contributed by atoms with E-state index in [9.17, 15) is 13.2 Å². The Hall–Kier alpha value is -3.05. The molecule has 0 spiro atoms. The molecule has 0 bridgehead atoms. The van der Waals surface area contributed by atoms with Crippen LogP contribution in [-0.2, 0) is 19.5 Å². The number of rotatable bonds is 11. The normalized spacial score (nSPS) is 19.3. The third-order valence-corrected chi connectivity index (χ3v) is 10.4. The number of ether oxygens (including phenoxy) is 2. The minimum absolute atomic E-state index is 0.00204. The number of methoxy groups -OCH3 is 2. The molecule has 1 heterocycles. The number of hydrogen-bond acceptors (Lipinski definition) is 6. The monoisotopic (exact) mass is 655 g/mol. The van der Waals surface area contributed by atoms with E-state index in [0.29, 0.717) is 15.6 Å². The highest BCUT2D eigenvalue weighted by Crippen LogP contribution is 2.45. The zero-order chi connectivity index (χ0) is 31.3. The lowest BCUT2D eigenvalue weighted by Gasteiger charge is -2.29. The number of amides is 1. The Kier molecular flexibility index (Phi) is 10.6. The number of allylic oxidation sites excluding steroid dienone is 1. The van der Waals surface area contributed by atoms with Gasteiger partial charge in [-0.2, -0.15) is 9.41 Å². The second-order valence-electron chi connectivity index (χ2n) is 10.8. The molecule has 11 heteroatoms. The van der Waals surface area contributed by atoms with Gasteiger partial charge in [-0.1, -0.05) is 47.5 Å². The van der Waals surface area contributed by atoms with Gasteiger partial charge in [0.05, 0.1) is 29.9 Å². The van der Waals surface area contributed by atoms with E-state index in [-0.39, 0.29) is 49.1 Å². The van der Waals surface area contributed by atoms with Crippen LogP contribution in [0.2, 0.25) is 10.0 Å². The van der Waals surface area contributed by atoms with Crippen LogP contribution in [0.5, 0.6) is 0 Å². The van der Waals surface area contributed by atoms with Gasteiger partial charge in [0.2, 0.25) is 10.0 Å². The summed E-state index contributed by atoms with van der Waals surface area (Å²) in [6.07, 6.45) is 4.81. The largest absolute Gasteiger partial charge is 0.383 e. The molecule has 0 radical (unpaired) electrons. The highest BCUT2D eigenvalue weighted by Gasteiger charge is 2.44. The lowest BCUT2D eigenvalue weighted by molar-refractivity contribution is 0.0680. The topological polar surface area (TPSA) is 88.5 Å². The van der Waals surface area contributed by atoms with Gasteiger partial charge in [0, 0.05) is 48.8 Å². The molecule has 1 aliphatic carbocycles. The minimum Gasteiger partial charge on any atom is -0.383 e. The highest BCUT2D eigenvalue weighted by atomic mass is 35.5. The predicted octanol–water partition coefficient (Wildman–Crippen LogP) is 6.71. The standard InChI is InChI=1S/C33H35Cl2N3O5S/c1-42-20-18-37(19-21-43-2)44(40,41)29-16-10-25(11-17-29)33(39)38-32(24-8-14-28(35)15-9-24)30-5-3-4-26(31(30)36-38)22-23-6-12-27(34)13-7-23/h6-17,22,30,32H,3-5,18-21H2,1-2H3. The average Bonchev–Trinajstić information content (AvgIpc) is 3.43. The minimum atomic E-state index is -3.83. The molecule has 0 saturated heterocycles. The molecular formula is C33H35Cl2N3O5S. The maximum Gasteiger partial charge on any atom is 0.274 e. The van der Waals surface area contributed by atoms with Gasteiger partial charge in [-0.05, 0) is 90.6 Å². The summed E-state index contributed by atoms with van der Waals surface area (Å²) in [6.45, 7) is 0.862. The van der Waals surface area contributed by atoms with Crippen molar-refractivity contribution >= 4 is 50.9 Å². The Balaban J connectivity index is 1.48. The van der Waals surface area contributed by atoms with Gasteiger partial charge in [-0.25, -0.2) is 13.4 Å². The summed E-state index contributed by atoms with van der Waals surface area (Å²) in [5, 5.41) is 7.78. The van der Waals surface area contributed by atoms with Gasteiger partial charge < -0.3 is 9.47 Å². The van der Waals surface area contributed by atoms with Crippen molar-refractivity contribution in [1.82, 2.24) is 9.31 Å². The molecule has 0 N–H and O–H groups in total. The maximum atomic E-state index is 14.1. The molecule has 2 unspecified atom stereocenters. The van der Waals surface area contributed by atoms with E-state index in [1.54, 1.807) is 17.1 Å². The van der Waals surface area contributed by atoms with Crippen LogP contribution in [-0.4, -0.2) is 69.9 Å². The molecule has 5 rings (SSSR count). The van der Waals surface area contributed by atoms with Gasteiger partial charge in [0.15, 0.2) is 0 Å². The number of hydrazone groups is 1. The quantitative estimate of drug-likeness (QED) is 0.229. The first kappa shape index (κ1) is 32.3. The number of sulfonamides is 1. The molecule has 2 atom stereocenters. The first-order chi connectivity index (χ1) is 21.2. The molecule has 0 aromatic heterocycles. The summed E-state index contributed by atoms with van der Waals surface area (Å²) in [5.41, 5.74) is 4.28. The molecule has 2 aliphatic rings. The fourth-order valence-corrected chi connectivity index (χ4v) is 7.37. The van der Waals surface area contributed by atoms with Gasteiger partial charge >= 0.3 is 0 Å². The maximum absolute atomic E-state index is 14.1. The predicted molar refractivity (Wildman–Crippen MR) is 174 cm³/mol. The van der Waals surface area contributed by atoms with E-state index in [2.05, 4.69) is 6.08 Å². The molecule has 3 aromatic rings. The average molecular weight is 657 g/mol. The molecule has 232 valence electrons. The second kappa shape index (κ2) is 14.4. The van der Waals surface area contributed by atoms with E-state index in [1.807, 2.05) is 48.5 Å². The van der Waals surface area contributed by atoms with Gasteiger partial charge in [-0.3, -0.25) is 4.79 Å². The Morgan fingerprint density at radius 3 is 2.11 bits per heavy atom. The van der Waals surface area contributed by atoms with Crippen LogP contribution in [0, 0.1) is 5.92 Å². The van der Waals surface area contributed by atoms with Crippen LogP contribution in [0.4, 0.5) is 0 Å². The van der Waals surface area contributed by atoms with Crippen LogP contribution in [0.1, 0.15) is 46.8 Å². The van der Waals surface area contributed by atoms with E-state index in [4.69, 9.17) is 37.8 Å². The molecule has 8 nitrogen and oxygen atoms in total. The van der Waals surface area contributed by atoms with Gasteiger partial charge in [-0.15, -0.1) is 0 Å². The summed E-state index contributed by atoms with van der Waals surface area (Å²) >= 11 is 12.3. The van der Waals surface area contributed by atoms with Crippen molar-refractivity contribution in [1.29, 1.82) is 0 Å². The lowest BCUT2D eigenvalue weighted by Crippen LogP contribution is -2.36. The first-order valence-corrected chi connectivity index (χ1v) is 16.6. The van der Waals surface area contributed by atoms with Crippen molar-refractivity contribution in [3.63, 3.8) is 0 Å². The van der Waals surface area contributed by atoms with Crippen molar-refractivity contribution in [3.05, 3.63) is 105 Å². The number of fused-ring (bicyclic) bond motifs is 1. The van der Waals surface area contributed by atoms with Crippen molar-refractivity contribution in [2.45, 2.75) is 30.2 Å². The fourth-order valence-electron chi connectivity index (χ4n) is 5.71. The van der Waals surface area contributed by atoms with Crippen molar-refractivity contribution < 1.29 is 22.7 Å². The van der Waals surface area contributed by atoms with Crippen LogP contribution in [0.25, 0.3) is 6.08 Å². The molecular weight excluding hydrogens is 621 g/mol. The summed E-state index contributed by atoms with van der Waals surface area (Å²) < 4.78 is 38.3. The van der Waals surface area contributed by atoms with Gasteiger partial charge in [0.1, 0.15) is 0 Å². The van der Waals surface area contributed by atoms with E-state index in [0.717, 1.165) is 41.7 Å². The van der Waals surface area contributed by atoms with Crippen molar-refractivity contribution in [3.8, 4) is 0 Å². The van der Waals surface area contributed by atoms with E-state index >= 15 is 0 Å². The van der Waals surface area contributed by atoms with E-state index in [1.165, 1.54) is 30.7 Å². The Morgan fingerprint density at radius 1 is 0.932 bits per heavy atom. The third-order valence-electron chi connectivity index (χ3n) is 7.96. The lowest BCUT2D eigenvalue weighted by atomic mass is 9.77. The number of carbonyl (C=O) groups excluding carboxylic acids is 1. The Morgan fingerprint density at radius 2 is 1.52 bits per heavy atom. The third kappa shape index (κ3) is 7.09. The molecule has 44 heavy (non-hydrogen) atoms. The molecule has 1 aliphatic heterocycles. The Bertz CT molecular complexity index is 1620. The number of nitrogens with zero attached hydrogens (tertiary/aromatic N) is 3. The zero-order valence-corrected chi connectivity index (χ0v) is 27.0. The number of halogens is 2. The van der Waals surface area contributed by atoms with Crippen molar-refractivity contribution in [2.24, 2.45) is 11.0 Å². The van der Waals surface area contributed by atoms with Crippen LogP contribution in [0.15, 0.2) is 88.4 Å². The van der Waals surface area contributed by atoms with Crippen molar-refractivity contribution in [2.75, 3.05) is 40.5 Å². The SMILES string of the molecule is COCCN(CCOC)S(=O)(=O)c1ccc(C(=O)N2N=C3C(=Cc4ccc(Cl)cc4)CCCC3C2c2ccc(Cl)cc2)cc1. The second-order valence-corrected chi connectivity index (χ2v) is 13.6. The number of hydrogen-bond donors (Lipinski definition) is 0. The summed E-state index contributed by atoms with van der Waals surface area (Å²) in [6, 6.07) is 20.9. The molecule has 1 saturated carbocycles. The molecule has 1 amide bonds. The Labute approximate surface area is 268 Å². The smallest absolute Gasteiger partial charge is 0.274 e. The van der Waals surface area contributed by atoms with Gasteiger partial charge in [0.25, 0.3) is 5.91 Å².